The minimum atomic E-state index is -0.611. The van der Waals surface area contributed by atoms with Gasteiger partial charge in [0.2, 0.25) is 0 Å². The van der Waals surface area contributed by atoms with Gasteiger partial charge in [-0.25, -0.2) is 4.79 Å². The average molecular weight is 467 g/mol. The molecular formula is C20H16Cl2N2O5S. The number of thiazole rings is 1. The van der Waals surface area contributed by atoms with Gasteiger partial charge in [0.15, 0.2) is 4.80 Å². The van der Waals surface area contributed by atoms with Crippen molar-refractivity contribution in [2.75, 3.05) is 13.7 Å². The monoisotopic (exact) mass is 466 g/mol. The van der Waals surface area contributed by atoms with Crippen LogP contribution >= 0.6 is 34.5 Å². The Bertz CT molecular complexity index is 1220. The number of carbonyl (C=O) groups excluding carboxylic acids is 3. The second-order valence-corrected chi connectivity index (χ2v) is 7.84. The van der Waals surface area contributed by atoms with Gasteiger partial charge in [0.05, 0.1) is 40.1 Å². The third-order valence-electron chi connectivity index (χ3n) is 4.05. The van der Waals surface area contributed by atoms with Crippen molar-refractivity contribution in [3.05, 3.63) is 62.4 Å². The normalized spacial score (nSPS) is 11.5. The molecule has 0 N–H and O–H groups in total. The maximum absolute atomic E-state index is 12.7. The number of carbonyl (C=O) groups is 3. The minimum absolute atomic E-state index is 0.138. The lowest BCUT2D eigenvalue weighted by molar-refractivity contribution is -0.143. The standard InChI is InChI=1S/C20H16Cl2N2O5S/c1-3-29-17(25)10-24-15-7-4-11(19(27)28-2)8-16(15)30-20(24)23-18(26)13-9-12(21)5-6-14(13)22/h4-9H,3,10H2,1-2H3. The summed E-state index contributed by atoms with van der Waals surface area (Å²) in [5.41, 5.74) is 1.09. The van der Waals surface area contributed by atoms with Crippen molar-refractivity contribution < 1.29 is 23.9 Å². The molecule has 0 spiro atoms. The van der Waals surface area contributed by atoms with Crippen LogP contribution in [-0.2, 0) is 20.8 Å². The molecule has 0 bridgehead atoms. The highest BCUT2D eigenvalue weighted by Gasteiger charge is 2.16. The van der Waals surface area contributed by atoms with Crippen LogP contribution in [0.1, 0.15) is 27.6 Å². The Morgan fingerprint density at radius 2 is 1.90 bits per heavy atom. The SMILES string of the molecule is CCOC(=O)Cn1c(=NC(=O)c2cc(Cl)ccc2Cl)sc2cc(C(=O)OC)ccc21. The summed E-state index contributed by atoms with van der Waals surface area (Å²) in [6.45, 7) is 1.77. The second kappa shape index (κ2) is 9.42. The Hall–Kier alpha value is -2.68. The molecule has 0 aliphatic rings. The predicted molar refractivity (Wildman–Crippen MR) is 114 cm³/mol. The van der Waals surface area contributed by atoms with E-state index in [4.69, 9.17) is 32.7 Å². The fourth-order valence-electron chi connectivity index (χ4n) is 2.70. The van der Waals surface area contributed by atoms with Gasteiger partial charge in [0.25, 0.3) is 5.91 Å². The molecule has 0 unspecified atom stereocenters. The topological polar surface area (TPSA) is 87.0 Å². The van der Waals surface area contributed by atoms with Gasteiger partial charge in [-0.05, 0) is 43.3 Å². The van der Waals surface area contributed by atoms with Crippen molar-refractivity contribution in [2.45, 2.75) is 13.5 Å². The van der Waals surface area contributed by atoms with E-state index < -0.39 is 17.8 Å². The first-order chi connectivity index (χ1) is 14.3. The lowest BCUT2D eigenvalue weighted by Crippen LogP contribution is -2.23. The number of nitrogens with zero attached hydrogens (tertiary/aromatic N) is 2. The number of benzene rings is 2. The number of halogens is 2. The van der Waals surface area contributed by atoms with Crippen LogP contribution in [-0.4, -0.2) is 36.1 Å². The molecule has 30 heavy (non-hydrogen) atoms. The summed E-state index contributed by atoms with van der Waals surface area (Å²) in [6, 6.07) is 9.34. The van der Waals surface area contributed by atoms with Gasteiger partial charge in [0.1, 0.15) is 6.54 Å². The number of esters is 2. The third-order valence-corrected chi connectivity index (χ3v) is 5.66. The van der Waals surface area contributed by atoms with E-state index in [1.54, 1.807) is 35.8 Å². The summed E-state index contributed by atoms with van der Waals surface area (Å²) in [6.07, 6.45) is 0. The highest BCUT2D eigenvalue weighted by Crippen LogP contribution is 2.23. The van der Waals surface area contributed by atoms with Crippen molar-refractivity contribution in [1.82, 2.24) is 4.57 Å². The number of rotatable bonds is 5. The van der Waals surface area contributed by atoms with Gasteiger partial charge in [-0.2, -0.15) is 4.99 Å². The van der Waals surface area contributed by atoms with Gasteiger partial charge < -0.3 is 14.0 Å². The summed E-state index contributed by atoms with van der Waals surface area (Å²) in [5, 5.41) is 0.551. The third kappa shape index (κ3) is 4.72. The van der Waals surface area contributed by atoms with Crippen LogP contribution in [0.15, 0.2) is 41.4 Å². The van der Waals surface area contributed by atoms with Crippen molar-refractivity contribution in [2.24, 2.45) is 4.99 Å². The zero-order valence-corrected chi connectivity index (χ0v) is 18.3. The molecule has 0 aliphatic heterocycles. The van der Waals surface area contributed by atoms with Crippen LogP contribution in [0.5, 0.6) is 0 Å². The number of fused-ring (bicyclic) bond motifs is 1. The second-order valence-electron chi connectivity index (χ2n) is 5.99. The highest BCUT2D eigenvalue weighted by atomic mass is 35.5. The zero-order chi connectivity index (χ0) is 21.8. The Morgan fingerprint density at radius 1 is 1.13 bits per heavy atom. The van der Waals surface area contributed by atoms with Crippen molar-refractivity contribution in [1.29, 1.82) is 0 Å². The van der Waals surface area contributed by atoms with Crippen molar-refractivity contribution >= 4 is 62.6 Å². The summed E-state index contributed by atoms with van der Waals surface area (Å²) in [5.74, 6) is -1.59. The molecule has 7 nitrogen and oxygen atoms in total. The van der Waals surface area contributed by atoms with E-state index >= 15 is 0 Å². The Balaban J connectivity index is 2.16. The summed E-state index contributed by atoms with van der Waals surface area (Å²) in [4.78, 5) is 41.1. The minimum Gasteiger partial charge on any atom is -0.465 e. The molecule has 0 saturated heterocycles. The molecule has 3 aromatic rings. The molecule has 0 saturated carbocycles. The molecule has 1 aromatic heterocycles. The predicted octanol–water partition coefficient (Wildman–Crippen LogP) is 4.10. The Kier molecular flexibility index (Phi) is 6.91. The molecule has 0 aliphatic carbocycles. The first-order valence-corrected chi connectivity index (χ1v) is 10.3. The van der Waals surface area contributed by atoms with Crippen LogP contribution in [0.4, 0.5) is 0 Å². The zero-order valence-electron chi connectivity index (χ0n) is 16.0. The lowest BCUT2D eigenvalue weighted by atomic mass is 10.2. The maximum atomic E-state index is 12.7. The van der Waals surface area contributed by atoms with E-state index in [2.05, 4.69) is 4.99 Å². The number of ether oxygens (including phenoxy) is 2. The van der Waals surface area contributed by atoms with E-state index in [0.29, 0.717) is 20.8 Å². The Morgan fingerprint density at radius 3 is 2.60 bits per heavy atom. The number of aromatic nitrogens is 1. The molecule has 10 heteroatoms. The van der Waals surface area contributed by atoms with Crippen LogP contribution < -0.4 is 4.80 Å². The van der Waals surface area contributed by atoms with E-state index in [1.807, 2.05) is 0 Å². The molecule has 0 fully saturated rings. The number of hydrogen-bond acceptors (Lipinski definition) is 6. The smallest absolute Gasteiger partial charge is 0.337 e. The van der Waals surface area contributed by atoms with Gasteiger partial charge >= 0.3 is 11.9 Å². The maximum Gasteiger partial charge on any atom is 0.337 e. The molecule has 0 radical (unpaired) electrons. The fraction of sp³-hybridized carbons (Fsp3) is 0.200. The van der Waals surface area contributed by atoms with Gasteiger partial charge in [-0.1, -0.05) is 34.5 Å². The highest BCUT2D eigenvalue weighted by molar-refractivity contribution is 7.16. The van der Waals surface area contributed by atoms with Crippen LogP contribution in [0.2, 0.25) is 10.0 Å². The Labute approximate surface area is 185 Å². The molecule has 3 rings (SSSR count). The average Bonchev–Trinajstić information content (AvgIpc) is 3.05. The van der Waals surface area contributed by atoms with E-state index in [0.717, 1.165) is 11.3 Å². The summed E-state index contributed by atoms with van der Waals surface area (Å²) >= 11 is 13.2. The molecule has 2 aromatic carbocycles. The van der Waals surface area contributed by atoms with E-state index in [-0.39, 0.29) is 28.5 Å². The van der Waals surface area contributed by atoms with Crippen LogP contribution in [0.3, 0.4) is 0 Å². The molecular weight excluding hydrogens is 451 g/mol. The summed E-state index contributed by atoms with van der Waals surface area (Å²) < 4.78 is 12.0. The first kappa shape index (κ1) is 22.0. The quantitative estimate of drug-likeness (QED) is 0.528. The van der Waals surface area contributed by atoms with Gasteiger partial charge in [0, 0.05) is 5.02 Å². The fourth-order valence-corrected chi connectivity index (χ4v) is 4.14. The lowest BCUT2D eigenvalue weighted by Gasteiger charge is -2.06. The van der Waals surface area contributed by atoms with E-state index in [1.165, 1.54) is 19.2 Å². The van der Waals surface area contributed by atoms with Crippen LogP contribution in [0, 0.1) is 0 Å². The molecule has 0 atom stereocenters. The largest absolute Gasteiger partial charge is 0.465 e. The van der Waals surface area contributed by atoms with Crippen LogP contribution in [0.25, 0.3) is 10.2 Å². The molecule has 156 valence electrons. The number of amides is 1. The van der Waals surface area contributed by atoms with E-state index in [9.17, 15) is 14.4 Å². The number of methoxy groups -OCH3 is 1. The molecule has 1 heterocycles. The van der Waals surface area contributed by atoms with Crippen molar-refractivity contribution in [3.8, 4) is 0 Å². The first-order valence-electron chi connectivity index (χ1n) is 8.75. The molecule has 1 amide bonds. The van der Waals surface area contributed by atoms with Gasteiger partial charge in [-0.3, -0.25) is 9.59 Å². The number of hydrogen-bond donors (Lipinski definition) is 0. The van der Waals surface area contributed by atoms with Gasteiger partial charge in [-0.15, -0.1) is 0 Å². The van der Waals surface area contributed by atoms with Crippen molar-refractivity contribution in [3.63, 3.8) is 0 Å². The summed E-state index contributed by atoms with van der Waals surface area (Å²) in [7, 11) is 1.29.